The summed E-state index contributed by atoms with van der Waals surface area (Å²) in [5, 5.41) is 0. The van der Waals surface area contributed by atoms with E-state index in [1.165, 1.54) is 0 Å². The smallest absolute Gasteiger partial charge is 0.409 e. The standard InChI is InChI=1S/C17H18F6O/c1-11-2-5-13(6-3-11)17(22,23)24-14-7-4-12(15(18)10-14)8-9-16(19,20)21/h4,7-11,13H,2-3,5-6H2,1H3/b9-8+. The summed E-state index contributed by atoms with van der Waals surface area (Å²) in [5.41, 5.74) is -0.352. The largest absolute Gasteiger partial charge is 0.432 e. The molecule has 0 radical (unpaired) electrons. The summed E-state index contributed by atoms with van der Waals surface area (Å²) >= 11 is 0. The van der Waals surface area contributed by atoms with Gasteiger partial charge < -0.3 is 4.74 Å². The van der Waals surface area contributed by atoms with Crippen LogP contribution >= 0.6 is 0 Å². The molecule has 1 aliphatic rings. The van der Waals surface area contributed by atoms with Crippen molar-refractivity contribution >= 4 is 6.08 Å². The van der Waals surface area contributed by atoms with Crippen molar-refractivity contribution in [1.29, 1.82) is 0 Å². The highest BCUT2D eigenvalue weighted by Gasteiger charge is 2.43. The van der Waals surface area contributed by atoms with E-state index in [0.717, 1.165) is 12.1 Å². The van der Waals surface area contributed by atoms with Crippen LogP contribution in [-0.4, -0.2) is 12.3 Å². The van der Waals surface area contributed by atoms with Gasteiger partial charge in [-0.05, 0) is 37.0 Å². The molecule has 1 aromatic carbocycles. The second kappa shape index (κ2) is 7.07. The third kappa shape index (κ3) is 5.18. The van der Waals surface area contributed by atoms with E-state index < -0.39 is 29.8 Å². The van der Waals surface area contributed by atoms with Crippen LogP contribution in [0, 0.1) is 17.7 Å². The molecule has 1 fully saturated rings. The predicted octanol–water partition coefficient (Wildman–Crippen LogP) is 6.20. The molecule has 0 atom stereocenters. The molecule has 7 heteroatoms. The zero-order valence-electron chi connectivity index (χ0n) is 13.0. The highest BCUT2D eigenvalue weighted by molar-refractivity contribution is 5.52. The van der Waals surface area contributed by atoms with Gasteiger partial charge in [0.1, 0.15) is 11.6 Å². The minimum Gasteiger partial charge on any atom is -0.432 e. The highest BCUT2D eigenvalue weighted by Crippen LogP contribution is 2.40. The lowest BCUT2D eigenvalue weighted by molar-refractivity contribution is -0.223. The quantitative estimate of drug-likeness (QED) is 0.586. The minimum atomic E-state index is -4.58. The zero-order chi connectivity index (χ0) is 18.0. The Morgan fingerprint density at radius 1 is 1.04 bits per heavy atom. The first-order valence-corrected chi connectivity index (χ1v) is 7.69. The summed E-state index contributed by atoms with van der Waals surface area (Å²) in [6.45, 7) is 2.00. The SMILES string of the molecule is CC1CCC(C(F)(F)Oc2ccc(/C=C/C(F)(F)F)c(F)c2)CC1. The number of alkyl halides is 5. The molecule has 0 amide bonds. The van der Waals surface area contributed by atoms with Crippen molar-refractivity contribution in [2.45, 2.75) is 44.9 Å². The number of halogens is 6. The molecule has 24 heavy (non-hydrogen) atoms. The Hall–Kier alpha value is -1.66. The minimum absolute atomic E-state index is 0.121. The molecule has 1 nitrogen and oxygen atoms in total. The van der Waals surface area contributed by atoms with E-state index in [0.29, 0.717) is 43.7 Å². The number of hydrogen-bond donors (Lipinski definition) is 0. The number of allylic oxidation sites excluding steroid dienone is 1. The van der Waals surface area contributed by atoms with Gasteiger partial charge in [-0.2, -0.15) is 22.0 Å². The van der Waals surface area contributed by atoms with Crippen molar-refractivity contribution in [2.75, 3.05) is 0 Å². The molecule has 1 saturated carbocycles. The van der Waals surface area contributed by atoms with Gasteiger partial charge in [0, 0.05) is 17.7 Å². The fourth-order valence-electron chi connectivity index (χ4n) is 2.73. The first-order valence-electron chi connectivity index (χ1n) is 7.69. The number of rotatable bonds is 4. The molecule has 0 aromatic heterocycles. The van der Waals surface area contributed by atoms with Gasteiger partial charge in [-0.1, -0.05) is 19.8 Å². The van der Waals surface area contributed by atoms with Crippen molar-refractivity contribution in [1.82, 2.24) is 0 Å². The van der Waals surface area contributed by atoms with Gasteiger partial charge in [0.25, 0.3) is 0 Å². The highest BCUT2D eigenvalue weighted by atomic mass is 19.4. The molecule has 0 aliphatic heterocycles. The monoisotopic (exact) mass is 352 g/mol. The predicted molar refractivity (Wildman–Crippen MR) is 78.2 cm³/mol. The molecule has 1 aliphatic carbocycles. The lowest BCUT2D eigenvalue weighted by atomic mass is 9.82. The summed E-state index contributed by atoms with van der Waals surface area (Å²) in [7, 11) is 0. The van der Waals surface area contributed by atoms with E-state index in [4.69, 9.17) is 0 Å². The van der Waals surface area contributed by atoms with Gasteiger partial charge in [-0.3, -0.25) is 0 Å². The van der Waals surface area contributed by atoms with Crippen molar-refractivity contribution < 1.29 is 31.1 Å². The summed E-state index contributed by atoms with van der Waals surface area (Å²) in [6.07, 6.45) is -5.59. The van der Waals surface area contributed by atoms with Gasteiger partial charge in [0.2, 0.25) is 0 Å². The van der Waals surface area contributed by atoms with E-state index in [-0.39, 0.29) is 11.6 Å². The van der Waals surface area contributed by atoms with E-state index in [1.54, 1.807) is 0 Å². The lowest BCUT2D eigenvalue weighted by Crippen LogP contribution is -2.37. The van der Waals surface area contributed by atoms with Gasteiger partial charge in [-0.25, -0.2) is 4.39 Å². The van der Waals surface area contributed by atoms with Crippen LogP contribution in [0.15, 0.2) is 24.3 Å². The summed E-state index contributed by atoms with van der Waals surface area (Å²) in [5.74, 6) is -2.00. The average Bonchev–Trinajstić information content (AvgIpc) is 2.45. The van der Waals surface area contributed by atoms with Crippen LogP contribution < -0.4 is 4.74 Å². The lowest BCUT2D eigenvalue weighted by Gasteiger charge is -2.32. The fraction of sp³-hybridized carbons (Fsp3) is 0.529. The second-order valence-electron chi connectivity index (χ2n) is 6.18. The topological polar surface area (TPSA) is 9.23 Å². The Morgan fingerprint density at radius 2 is 1.67 bits per heavy atom. The number of hydrogen-bond acceptors (Lipinski definition) is 1. The van der Waals surface area contributed by atoms with Gasteiger partial charge >= 0.3 is 12.3 Å². The maximum absolute atomic E-state index is 14.2. The Bertz CT molecular complexity index is 585. The zero-order valence-corrected chi connectivity index (χ0v) is 13.0. The van der Waals surface area contributed by atoms with Crippen molar-refractivity contribution in [3.63, 3.8) is 0 Å². The summed E-state index contributed by atoms with van der Waals surface area (Å²) in [4.78, 5) is 0. The van der Waals surface area contributed by atoms with Crippen LogP contribution in [0.25, 0.3) is 6.08 Å². The van der Waals surface area contributed by atoms with E-state index in [1.807, 2.05) is 6.92 Å². The van der Waals surface area contributed by atoms with Crippen LogP contribution in [0.4, 0.5) is 26.3 Å². The first kappa shape index (κ1) is 18.7. The third-order valence-electron chi connectivity index (χ3n) is 4.17. The summed E-state index contributed by atoms with van der Waals surface area (Å²) in [6, 6.07) is 2.69. The molecule has 2 rings (SSSR count). The number of benzene rings is 1. The maximum atomic E-state index is 14.2. The van der Waals surface area contributed by atoms with Crippen molar-refractivity contribution in [2.24, 2.45) is 11.8 Å². The Morgan fingerprint density at radius 3 is 2.21 bits per heavy atom. The molecule has 0 heterocycles. The first-order chi connectivity index (χ1) is 11.1. The van der Waals surface area contributed by atoms with Crippen LogP contribution in [0.1, 0.15) is 38.2 Å². The molecule has 0 N–H and O–H groups in total. The normalized spacial score (nSPS) is 22.8. The Labute approximate surface area is 136 Å². The molecule has 0 bridgehead atoms. The molecule has 0 saturated heterocycles. The molecule has 0 unspecified atom stereocenters. The summed E-state index contributed by atoms with van der Waals surface area (Å²) < 4.78 is 82.9. The van der Waals surface area contributed by atoms with Crippen LogP contribution in [0.3, 0.4) is 0 Å². The van der Waals surface area contributed by atoms with Crippen LogP contribution in [0.2, 0.25) is 0 Å². The average molecular weight is 352 g/mol. The molecular formula is C17H18F6O. The third-order valence-corrected chi connectivity index (χ3v) is 4.17. The van der Waals surface area contributed by atoms with Gasteiger partial charge in [-0.15, -0.1) is 0 Å². The van der Waals surface area contributed by atoms with Gasteiger partial charge in [0.15, 0.2) is 0 Å². The molecular weight excluding hydrogens is 334 g/mol. The van der Waals surface area contributed by atoms with E-state index in [9.17, 15) is 26.3 Å². The van der Waals surface area contributed by atoms with Crippen LogP contribution in [0.5, 0.6) is 5.75 Å². The Balaban J connectivity index is 2.07. The molecule has 0 spiro atoms. The van der Waals surface area contributed by atoms with Gasteiger partial charge in [0.05, 0.1) is 5.92 Å². The van der Waals surface area contributed by atoms with Crippen molar-refractivity contribution in [3.8, 4) is 5.75 Å². The second-order valence-corrected chi connectivity index (χ2v) is 6.18. The van der Waals surface area contributed by atoms with E-state index >= 15 is 0 Å². The molecule has 134 valence electrons. The molecule has 1 aromatic rings. The van der Waals surface area contributed by atoms with Crippen LogP contribution in [-0.2, 0) is 0 Å². The van der Waals surface area contributed by atoms with E-state index in [2.05, 4.69) is 4.74 Å². The fourth-order valence-corrected chi connectivity index (χ4v) is 2.73. The van der Waals surface area contributed by atoms with Crippen molar-refractivity contribution in [3.05, 3.63) is 35.7 Å². The maximum Gasteiger partial charge on any atom is 0.409 e. The Kier molecular flexibility index (Phi) is 5.50. The number of ether oxygens (including phenoxy) is 1.